The van der Waals surface area contributed by atoms with E-state index < -0.39 is 17.8 Å². The zero-order valence-electron chi connectivity index (χ0n) is 21.3. The highest BCUT2D eigenvalue weighted by atomic mass is 35.5. The van der Waals surface area contributed by atoms with Crippen LogP contribution in [0.4, 0.5) is 18.9 Å². The minimum Gasteiger partial charge on any atom is -0.339 e. The lowest BCUT2D eigenvalue weighted by atomic mass is 9.93. The first-order valence-corrected chi connectivity index (χ1v) is 13.2. The molecule has 1 aromatic carbocycles. The molecule has 3 aromatic rings. The van der Waals surface area contributed by atoms with Gasteiger partial charge in [0.25, 0.3) is 11.8 Å². The Bertz CT molecular complexity index is 1390. The molecule has 208 valence electrons. The van der Waals surface area contributed by atoms with E-state index in [4.69, 9.17) is 17.3 Å². The van der Waals surface area contributed by atoms with Gasteiger partial charge in [0.2, 0.25) is 0 Å². The van der Waals surface area contributed by atoms with Gasteiger partial charge in [-0.25, -0.2) is 4.98 Å². The fourth-order valence-electron chi connectivity index (χ4n) is 4.97. The summed E-state index contributed by atoms with van der Waals surface area (Å²) in [6, 6.07) is 4.54. The largest absolute Gasteiger partial charge is 0.435 e. The number of alkyl halides is 3. The van der Waals surface area contributed by atoms with Crippen LogP contribution in [0.15, 0.2) is 30.6 Å². The van der Waals surface area contributed by atoms with Gasteiger partial charge in [0, 0.05) is 32.0 Å². The number of benzene rings is 1. The number of rotatable bonds is 7. The second-order valence-electron chi connectivity index (χ2n) is 10.1. The van der Waals surface area contributed by atoms with Crippen LogP contribution in [0, 0.1) is 5.92 Å². The summed E-state index contributed by atoms with van der Waals surface area (Å²) in [5, 5.41) is 6.61. The Morgan fingerprint density at radius 1 is 1.18 bits per heavy atom. The molecule has 0 spiro atoms. The van der Waals surface area contributed by atoms with E-state index in [1.807, 2.05) is 0 Å². The van der Waals surface area contributed by atoms with Crippen molar-refractivity contribution in [3.8, 4) is 11.3 Å². The molecule has 13 heteroatoms. The SMILES string of the molecule is Cn1c(-c2cn(C3CC3)nc2C(F)(F)F)cnc1C(=O)Nc1ccc(C(=O)N2CCC(CCN)CC2)c(Cl)c1. The molecule has 0 unspecified atom stereocenters. The molecule has 5 rings (SSSR count). The first kappa shape index (κ1) is 27.2. The Labute approximate surface area is 228 Å². The molecule has 3 heterocycles. The third kappa shape index (κ3) is 5.67. The molecule has 39 heavy (non-hydrogen) atoms. The van der Waals surface area contributed by atoms with Crippen LogP contribution in [-0.2, 0) is 13.2 Å². The van der Waals surface area contributed by atoms with E-state index >= 15 is 0 Å². The van der Waals surface area contributed by atoms with Gasteiger partial charge >= 0.3 is 6.18 Å². The lowest BCUT2D eigenvalue weighted by molar-refractivity contribution is -0.141. The van der Waals surface area contributed by atoms with Gasteiger partial charge in [-0.05, 0) is 62.8 Å². The number of aromatic nitrogens is 4. The molecule has 1 aliphatic carbocycles. The van der Waals surface area contributed by atoms with E-state index in [1.165, 1.54) is 34.8 Å². The molecule has 1 aliphatic heterocycles. The number of hydrogen-bond donors (Lipinski definition) is 2. The van der Waals surface area contributed by atoms with Crippen molar-refractivity contribution in [3.63, 3.8) is 0 Å². The molecule has 9 nitrogen and oxygen atoms in total. The van der Waals surface area contributed by atoms with Gasteiger partial charge < -0.3 is 20.5 Å². The van der Waals surface area contributed by atoms with Crippen molar-refractivity contribution in [2.75, 3.05) is 25.0 Å². The molecule has 3 N–H and O–H groups in total. The number of likely N-dealkylation sites (tertiary alicyclic amines) is 1. The number of imidazole rings is 1. The molecule has 1 saturated carbocycles. The maximum atomic E-state index is 13.7. The lowest BCUT2D eigenvalue weighted by Gasteiger charge is -2.32. The second kappa shape index (κ2) is 10.6. The summed E-state index contributed by atoms with van der Waals surface area (Å²) in [4.78, 5) is 31.8. The highest BCUT2D eigenvalue weighted by molar-refractivity contribution is 6.34. The average molecular weight is 564 g/mol. The summed E-state index contributed by atoms with van der Waals surface area (Å²) in [6.07, 6.45) is 2.22. The Morgan fingerprint density at radius 3 is 2.51 bits per heavy atom. The fraction of sp³-hybridized carbons (Fsp3) is 0.462. The molecule has 2 amide bonds. The lowest BCUT2D eigenvalue weighted by Crippen LogP contribution is -2.39. The third-order valence-corrected chi connectivity index (χ3v) is 7.64. The maximum absolute atomic E-state index is 13.7. The zero-order valence-corrected chi connectivity index (χ0v) is 22.1. The number of nitrogens with one attached hydrogen (secondary N) is 1. The number of amides is 2. The van der Waals surface area contributed by atoms with Crippen molar-refractivity contribution in [2.24, 2.45) is 18.7 Å². The highest BCUT2D eigenvalue weighted by Gasteiger charge is 2.40. The van der Waals surface area contributed by atoms with Gasteiger partial charge in [-0.3, -0.25) is 14.3 Å². The molecule has 0 atom stereocenters. The first-order valence-electron chi connectivity index (χ1n) is 12.9. The van der Waals surface area contributed by atoms with Crippen molar-refractivity contribution >= 4 is 29.1 Å². The summed E-state index contributed by atoms with van der Waals surface area (Å²) < 4.78 is 43.7. The van der Waals surface area contributed by atoms with Crippen LogP contribution in [0.25, 0.3) is 11.3 Å². The molecule has 2 aromatic heterocycles. The van der Waals surface area contributed by atoms with E-state index in [2.05, 4.69) is 15.4 Å². The smallest absolute Gasteiger partial charge is 0.339 e. The molecule has 0 bridgehead atoms. The quantitative estimate of drug-likeness (QED) is 0.431. The molecular formula is C26H29ClF3N7O2. The molecular weight excluding hydrogens is 535 g/mol. The van der Waals surface area contributed by atoms with Gasteiger partial charge in [0.1, 0.15) is 0 Å². The number of carbonyl (C=O) groups excluding carboxylic acids is 2. The summed E-state index contributed by atoms with van der Waals surface area (Å²) in [5.74, 6) is -0.379. The Morgan fingerprint density at radius 2 is 1.90 bits per heavy atom. The average Bonchev–Trinajstić information content (AvgIpc) is 3.52. The van der Waals surface area contributed by atoms with Crippen LogP contribution in [0.5, 0.6) is 0 Å². The van der Waals surface area contributed by atoms with Crippen LogP contribution in [-0.4, -0.2) is 55.7 Å². The topological polar surface area (TPSA) is 111 Å². The minimum absolute atomic E-state index is 0.0431. The molecule has 2 aliphatic rings. The second-order valence-corrected chi connectivity index (χ2v) is 10.5. The minimum atomic E-state index is -4.65. The standard InChI is InChI=1S/C26H29ClF3N7O2/c1-35-21(19-14-37(17-3-4-17)34-22(19)26(28,29)30)13-32-23(35)24(38)33-16-2-5-18(20(27)12-16)25(39)36-10-7-15(6-9-31)8-11-36/h2,5,12-15,17H,3-4,6-11,31H2,1H3,(H,33,38). The first-order chi connectivity index (χ1) is 18.6. The molecule has 0 radical (unpaired) electrons. The zero-order chi connectivity index (χ0) is 27.9. The van der Waals surface area contributed by atoms with E-state index in [9.17, 15) is 22.8 Å². The van der Waals surface area contributed by atoms with Gasteiger partial charge in [-0.1, -0.05) is 11.6 Å². The Kier molecular flexibility index (Phi) is 7.43. The van der Waals surface area contributed by atoms with Crippen LogP contribution in [0.3, 0.4) is 0 Å². The van der Waals surface area contributed by atoms with Gasteiger partial charge in [-0.15, -0.1) is 0 Å². The van der Waals surface area contributed by atoms with E-state index in [0.717, 1.165) is 32.1 Å². The monoisotopic (exact) mass is 563 g/mol. The summed E-state index contributed by atoms with van der Waals surface area (Å²) in [5.41, 5.74) is 5.27. The van der Waals surface area contributed by atoms with Crippen LogP contribution < -0.4 is 11.1 Å². The fourth-order valence-corrected chi connectivity index (χ4v) is 5.23. The Hall–Kier alpha value is -3.38. The van der Waals surface area contributed by atoms with Crippen LogP contribution >= 0.6 is 11.6 Å². The summed E-state index contributed by atoms with van der Waals surface area (Å²) in [6.45, 7) is 1.90. The van der Waals surface area contributed by atoms with Crippen LogP contribution in [0.1, 0.15) is 64.8 Å². The number of hydrogen-bond acceptors (Lipinski definition) is 5. The Balaban J connectivity index is 1.30. The predicted octanol–water partition coefficient (Wildman–Crippen LogP) is 4.74. The van der Waals surface area contributed by atoms with Crippen molar-refractivity contribution in [1.29, 1.82) is 0 Å². The summed E-state index contributed by atoms with van der Waals surface area (Å²) in [7, 11) is 1.47. The van der Waals surface area contributed by atoms with Crippen molar-refractivity contribution in [1.82, 2.24) is 24.2 Å². The van der Waals surface area contributed by atoms with E-state index in [1.54, 1.807) is 17.0 Å². The highest BCUT2D eigenvalue weighted by Crippen LogP contribution is 2.41. The van der Waals surface area contributed by atoms with Crippen molar-refractivity contribution in [2.45, 2.75) is 44.3 Å². The maximum Gasteiger partial charge on any atom is 0.435 e. The number of piperidine rings is 1. The number of nitrogens with zero attached hydrogens (tertiary/aromatic N) is 5. The van der Waals surface area contributed by atoms with E-state index in [-0.39, 0.29) is 34.1 Å². The normalized spacial score (nSPS) is 16.5. The van der Waals surface area contributed by atoms with Crippen molar-refractivity contribution < 1.29 is 22.8 Å². The number of halogens is 4. The summed E-state index contributed by atoms with van der Waals surface area (Å²) >= 11 is 6.41. The third-order valence-electron chi connectivity index (χ3n) is 7.32. The van der Waals surface area contributed by atoms with Gasteiger partial charge in [0.05, 0.1) is 34.1 Å². The van der Waals surface area contributed by atoms with Gasteiger partial charge in [-0.2, -0.15) is 18.3 Å². The molecule has 2 fully saturated rings. The van der Waals surface area contributed by atoms with Gasteiger partial charge in [0.15, 0.2) is 11.5 Å². The molecule has 1 saturated heterocycles. The predicted molar refractivity (Wildman–Crippen MR) is 139 cm³/mol. The van der Waals surface area contributed by atoms with Crippen molar-refractivity contribution in [3.05, 3.63) is 52.7 Å². The number of anilines is 1. The number of nitrogens with two attached hydrogens (primary N) is 1. The van der Waals surface area contributed by atoms with Crippen LogP contribution in [0.2, 0.25) is 5.02 Å². The number of carbonyl (C=O) groups is 2. The van der Waals surface area contributed by atoms with E-state index in [0.29, 0.717) is 36.8 Å².